The van der Waals surface area contributed by atoms with Crippen molar-refractivity contribution in [2.45, 2.75) is 25.8 Å². The van der Waals surface area contributed by atoms with Gasteiger partial charge in [0.15, 0.2) is 6.29 Å². The van der Waals surface area contributed by atoms with E-state index in [1.54, 1.807) is 0 Å². The number of carbonyl (C=O) groups is 2. The molecule has 0 N–H and O–H groups in total. The van der Waals surface area contributed by atoms with E-state index in [4.69, 9.17) is 0 Å². The SMILES string of the molecule is Cc1ccc(N2CCN3C(=O)CCC3C2)c(C=O)c1. The first-order valence-corrected chi connectivity index (χ1v) is 6.79. The van der Waals surface area contributed by atoms with Gasteiger partial charge >= 0.3 is 0 Å². The highest BCUT2D eigenvalue weighted by atomic mass is 16.2. The van der Waals surface area contributed by atoms with Gasteiger partial charge in [-0.15, -0.1) is 0 Å². The molecule has 100 valence electrons. The van der Waals surface area contributed by atoms with E-state index in [1.165, 1.54) is 0 Å². The largest absolute Gasteiger partial charge is 0.367 e. The summed E-state index contributed by atoms with van der Waals surface area (Å²) in [5.74, 6) is 0.282. The number of aldehydes is 1. The number of anilines is 1. The molecule has 1 aromatic carbocycles. The molecule has 2 fully saturated rings. The zero-order valence-corrected chi connectivity index (χ0v) is 11.1. The lowest BCUT2D eigenvalue weighted by molar-refractivity contribution is -0.129. The van der Waals surface area contributed by atoms with E-state index in [1.807, 2.05) is 30.0 Å². The maximum absolute atomic E-state index is 11.7. The van der Waals surface area contributed by atoms with Crippen LogP contribution in [0, 0.1) is 6.92 Å². The van der Waals surface area contributed by atoms with Gasteiger partial charge in [-0.1, -0.05) is 11.6 Å². The fourth-order valence-electron chi connectivity index (χ4n) is 3.14. The topological polar surface area (TPSA) is 40.6 Å². The number of hydrogen-bond acceptors (Lipinski definition) is 3. The molecule has 0 aliphatic carbocycles. The average molecular weight is 258 g/mol. The van der Waals surface area contributed by atoms with Crippen LogP contribution in [0.2, 0.25) is 0 Å². The lowest BCUT2D eigenvalue weighted by atomic mass is 10.1. The summed E-state index contributed by atoms with van der Waals surface area (Å²) in [5, 5.41) is 0. The maximum atomic E-state index is 11.7. The molecule has 0 aromatic heterocycles. The number of aryl methyl sites for hydroxylation is 1. The summed E-state index contributed by atoms with van der Waals surface area (Å²) in [7, 11) is 0. The van der Waals surface area contributed by atoms with Gasteiger partial charge in [-0.3, -0.25) is 9.59 Å². The Labute approximate surface area is 113 Å². The highest BCUT2D eigenvalue weighted by Gasteiger charge is 2.35. The number of piperazine rings is 1. The minimum atomic E-state index is 0.282. The predicted molar refractivity (Wildman–Crippen MR) is 73.5 cm³/mol. The number of nitrogens with zero attached hydrogens (tertiary/aromatic N) is 2. The Morgan fingerprint density at radius 2 is 2.16 bits per heavy atom. The minimum absolute atomic E-state index is 0.282. The highest BCUT2D eigenvalue weighted by molar-refractivity contribution is 5.85. The third-order valence-corrected chi connectivity index (χ3v) is 4.15. The highest BCUT2D eigenvalue weighted by Crippen LogP contribution is 2.28. The minimum Gasteiger partial charge on any atom is -0.367 e. The van der Waals surface area contributed by atoms with Gasteiger partial charge in [-0.2, -0.15) is 0 Å². The van der Waals surface area contributed by atoms with Crippen LogP contribution in [-0.4, -0.2) is 42.8 Å². The van der Waals surface area contributed by atoms with Gasteiger partial charge < -0.3 is 9.80 Å². The third kappa shape index (κ3) is 2.11. The second-order valence-electron chi connectivity index (χ2n) is 5.41. The molecular weight excluding hydrogens is 240 g/mol. The van der Waals surface area contributed by atoms with Crippen molar-refractivity contribution in [1.82, 2.24) is 4.90 Å². The second kappa shape index (κ2) is 4.68. The van der Waals surface area contributed by atoms with Crippen molar-refractivity contribution < 1.29 is 9.59 Å². The quantitative estimate of drug-likeness (QED) is 0.757. The molecule has 0 spiro atoms. The molecule has 3 rings (SSSR count). The van der Waals surface area contributed by atoms with Gasteiger partial charge in [0, 0.05) is 43.3 Å². The van der Waals surface area contributed by atoms with Crippen molar-refractivity contribution in [3.63, 3.8) is 0 Å². The molecule has 2 aliphatic rings. The molecule has 1 atom stereocenters. The summed E-state index contributed by atoms with van der Waals surface area (Å²) in [5.41, 5.74) is 2.85. The monoisotopic (exact) mass is 258 g/mol. The Kier molecular flexibility index (Phi) is 3.01. The van der Waals surface area contributed by atoms with Gasteiger partial charge in [0.05, 0.1) is 0 Å². The van der Waals surface area contributed by atoms with E-state index in [-0.39, 0.29) is 5.91 Å². The molecule has 4 nitrogen and oxygen atoms in total. The fraction of sp³-hybridized carbons (Fsp3) is 0.467. The Balaban J connectivity index is 1.84. The number of fused-ring (bicyclic) bond motifs is 1. The van der Waals surface area contributed by atoms with Crippen LogP contribution in [0.3, 0.4) is 0 Å². The molecule has 1 amide bonds. The van der Waals surface area contributed by atoms with Crippen molar-refractivity contribution >= 4 is 17.9 Å². The van der Waals surface area contributed by atoms with Gasteiger partial charge in [0.25, 0.3) is 0 Å². The van der Waals surface area contributed by atoms with E-state index in [0.29, 0.717) is 12.5 Å². The van der Waals surface area contributed by atoms with Gasteiger partial charge in [-0.05, 0) is 25.5 Å². The molecule has 2 heterocycles. The van der Waals surface area contributed by atoms with Crippen LogP contribution in [0.4, 0.5) is 5.69 Å². The van der Waals surface area contributed by atoms with Crippen molar-refractivity contribution in [2.75, 3.05) is 24.5 Å². The molecule has 0 radical (unpaired) electrons. The second-order valence-corrected chi connectivity index (χ2v) is 5.41. The molecule has 0 saturated carbocycles. The van der Waals surface area contributed by atoms with Gasteiger partial charge in [-0.25, -0.2) is 0 Å². The Morgan fingerprint density at radius 3 is 2.95 bits per heavy atom. The zero-order valence-electron chi connectivity index (χ0n) is 11.1. The summed E-state index contributed by atoms with van der Waals surface area (Å²) >= 11 is 0. The average Bonchev–Trinajstić information content (AvgIpc) is 2.79. The van der Waals surface area contributed by atoms with Crippen molar-refractivity contribution in [3.05, 3.63) is 29.3 Å². The van der Waals surface area contributed by atoms with Crippen LogP contribution in [0.25, 0.3) is 0 Å². The molecule has 2 aliphatic heterocycles. The van der Waals surface area contributed by atoms with Crippen LogP contribution >= 0.6 is 0 Å². The van der Waals surface area contributed by atoms with Gasteiger partial charge in [0.2, 0.25) is 5.91 Å². The molecule has 19 heavy (non-hydrogen) atoms. The van der Waals surface area contributed by atoms with Crippen LogP contribution in [-0.2, 0) is 4.79 Å². The lowest BCUT2D eigenvalue weighted by Gasteiger charge is -2.39. The normalized spacial score (nSPS) is 22.6. The molecule has 1 unspecified atom stereocenters. The lowest BCUT2D eigenvalue weighted by Crippen LogP contribution is -2.51. The van der Waals surface area contributed by atoms with Crippen molar-refractivity contribution in [3.8, 4) is 0 Å². The van der Waals surface area contributed by atoms with E-state index in [0.717, 1.165) is 49.2 Å². The maximum Gasteiger partial charge on any atom is 0.223 e. The Hall–Kier alpha value is -1.84. The molecule has 2 saturated heterocycles. The van der Waals surface area contributed by atoms with Crippen molar-refractivity contribution in [2.24, 2.45) is 0 Å². The third-order valence-electron chi connectivity index (χ3n) is 4.15. The van der Waals surface area contributed by atoms with Crippen LogP contribution in [0.5, 0.6) is 0 Å². The summed E-state index contributed by atoms with van der Waals surface area (Å²) in [6, 6.07) is 6.30. The first-order chi connectivity index (χ1) is 9.19. The first kappa shape index (κ1) is 12.2. The predicted octanol–water partition coefficient (Wildman–Crippen LogP) is 1.62. The van der Waals surface area contributed by atoms with Crippen molar-refractivity contribution in [1.29, 1.82) is 0 Å². The summed E-state index contributed by atoms with van der Waals surface area (Å²) < 4.78 is 0. The summed E-state index contributed by atoms with van der Waals surface area (Å²) in [6.45, 7) is 4.42. The molecule has 1 aromatic rings. The van der Waals surface area contributed by atoms with E-state index < -0.39 is 0 Å². The zero-order chi connectivity index (χ0) is 13.4. The smallest absolute Gasteiger partial charge is 0.223 e. The number of hydrogen-bond donors (Lipinski definition) is 0. The fourth-order valence-corrected chi connectivity index (χ4v) is 3.14. The van der Waals surface area contributed by atoms with Crippen LogP contribution in [0.1, 0.15) is 28.8 Å². The first-order valence-electron chi connectivity index (χ1n) is 6.79. The summed E-state index contributed by atoms with van der Waals surface area (Å²) in [6.07, 6.45) is 2.54. The Bertz CT molecular complexity index is 527. The molecule has 4 heteroatoms. The van der Waals surface area contributed by atoms with Crippen LogP contribution < -0.4 is 4.90 Å². The van der Waals surface area contributed by atoms with E-state index in [9.17, 15) is 9.59 Å². The summed E-state index contributed by atoms with van der Waals surface area (Å²) in [4.78, 5) is 27.1. The molecule has 0 bridgehead atoms. The van der Waals surface area contributed by atoms with Crippen LogP contribution in [0.15, 0.2) is 18.2 Å². The Morgan fingerprint density at radius 1 is 1.32 bits per heavy atom. The number of carbonyl (C=O) groups excluding carboxylic acids is 2. The number of benzene rings is 1. The van der Waals surface area contributed by atoms with E-state index in [2.05, 4.69) is 4.90 Å². The number of rotatable bonds is 2. The standard InChI is InChI=1S/C15H18N2O2/c1-11-2-4-14(12(8-11)10-18)16-6-7-17-13(9-16)3-5-15(17)19/h2,4,8,10,13H,3,5-7,9H2,1H3. The van der Waals surface area contributed by atoms with E-state index >= 15 is 0 Å². The molecular formula is C15H18N2O2. The van der Waals surface area contributed by atoms with Gasteiger partial charge in [0.1, 0.15) is 0 Å². The number of amides is 1.